The predicted molar refractivity (Wildman–Crippen MR) is 139 cm³/mol. The second kappa shape index (κ2) is 8.88. The molecule has 4 rings (SSSR count). The highest BCUT2D eigenvalue weighted by Gasteiger charge is 2.40. The Morgan fingerprint density at radius 3 is 1.59 bits per heavy atom. The summed E-state index contributed by atoms with van der Waals surface area (Å²) < 4.78 is 3.42. The van der Waals surface area contributed by atoms with E-state index in [0.29, 0.717) is 22.4 Å². The molecular weight excluding hydrogens is 424 g/mol. The van der Waals surface area contributed by atoms with E-state index in [4.69, 9.17) is 0 Å². The zero-order valence-electron chi connectivity index (χ0n) is 20.6. The zero-order chi connectivity index (χ0) is 24.6. The van der Waals surface area contributed by atoms with Crippen molar-refractivity contribution in [1.29, 1.82) is 0 Å². The van der Waals surface area contributed by atoms with Gasteiger partial charge in [0.1, 0.15) is 5.60 Å². The third kappa shape index (κ3) is 3.80. The second-order valence-corrected chi connectivity index (χ2v) is 9.03. The van der Waals surface area contributed by atoms with Gasteiger partial charge in [0.2, 0.25) is 0 Å². The van der Waals surface area contributed by atoms with Crippen molar-refractivity contribution in [2.45, 2.75) is 12.5 Å². The van der Waals surface area contributed by atoms with Gasteiger partial charge in [-0.05, 0) is 54.4 Å². The van der Waals surface area contributed by atoms with Gasteiger partial charge in [-0.25, -0.2) is 4.68 Å². The molecule has 3 aromatic carbocycles. The number of hydrogen-bond acceptors (Lipinski definition) is 4. The van der Waals surface area contributed by atoms with Gasteiger partial charge in [-0.3, -0.25) is 9.48 Å². The number of hydrogen-bond donors (Lipinski definition) is 1. The molecule has 0 amide bonds. The van der Waals surface area contributed by atoms with E-state index in [2.05, 4.69) is 0 Å². The standard InChI is InChI=1S/C28H32N4O2/c1-20-26(27(33)32(31(20)6)25-10-8-7-9-11-25)28(34,21-12-16-23(17-13-21)29(2)3)22-14-18-24(19-15-22)30(4)5/h7-19,34H,1-6H3. The molecule has 0 bridgehead atoms. The van der Waals surface area contributed by atoms with Crippen molar-refractivity contribution < 1.29 is 5.11 Å². The zero-order valence-corrected chi connectivity index (χ0v) is 20.6. The fourth-order valence-corrected chi connectivity index (χ4v) is 4.44. The maximum Gasteiger partial charge on any atom is 0.278 e. The Labute approximate surface area is 200 Å². The smallest absolute Gasteiger partial charge is 0.278 e. The van der Waals surface area contributed by atoms with Gasteiger partial charge in [0, 0.05) is 52.3 Å². The highest BCUT2D eigenvalue weighted by Crippen LogP contribution is 2.38. The SMILES string of the molecule is Cc1c(C(O)(c2ccc(N(C)C)cc2)c2ccc(N(C)C)cc2)c(=O)n(-c2ccccc2)n1C. The Morgan fingerprint density at radius 1 is 0.735 bits per heavy atom. The van der Waals surface area contributed by atoms with Crippen molar-refractivity contribution in [3.05, 3.63) is 112 Å². The van der Waals surface area contributed by atoms with Gasteiger partial charge in [-0.15, -0.1) is 0 Å². The van der Waals surface area contributed by atoms with Gasteiger partial charge < -0.3 is 14.9 Å². The number of aromatic nitrogens is 2. The van der Waals surface area contributed by atoms with Crippen LogP contribution in [0.4, 0.5) is 11.4 Å². The molecule has 0 saturated heterocycles. The third-order valence-corrected chi connectivity index (χ3v) is 6.52. The molecule has 0 saturated carbocycles. The molecule has 0 radical (unpaired) electrons. The van der Waals surface area contributed by atoms with E-state index >= 15 is 0 Å². The van der Waals surface area contributed by atoms with E-state index < -0.39 is 5.60 Å². The lowest BCUT2D eigenvalue weighted by molar-refractivity contribution is 0.124. The van der Waals surface area contributed by atoms with Crippen molar-refractivity contribution >= 4 is 11.4 Å². The molecule has 0 unspecified atom stereocenters. The molecule has 0 fully saturated rings. The Bertz CT molecular complexity index is 1280. The minimum atomic E-state index is -1.63. The fourth-order valence-electron chi connectivity index (χ4n) is 4.44. The van der Waals surface area contributed by atoms with Crippen LogP contribution in [0.25, 0.3) is 5.69 Å². The molecule has 34 heavy (non-hydrogen) atoms. The molecule has 6 heteroatoms. The van der Waals surface area contributed by atoms with Crippen LogP contribution in [-0.4, -0.2) is 42.7 Å². The summed E-state index contributed by atoms with van der Waals surface area (Å²) in [4.78, 5) is 17.9. The van der Waals surface area contributed by atoms with E-state index in [1.165, 1.54) is 0 Å². The maximum atomic E-state index is 13.9. The lowest BCUT2D eigenvalue weighted by Gasteiger charge is -2.30. The number of rotatable bonds is 6. The summed E-state index contributed by atoms with van der Waals surface area (Å²) in [5.41, 5.74) is 3.22. The van der Waals surface area contributed by atoms with Gasteiger partial charge in [0.15, 0.2) is 0 Å². The first-order chi connectivity index (χ1) is 16.2. The van der Waals surface area contributed by atoms with Crippen LogP contribution in [-0.2, 0) is 12.6 Å². The van der Waals surface area contributed by atoms with Gasteiger partial charge >= 0.3 is 0 Å². The largest absolute Gasteiger partial charge is 0.378 e. The van der Waals surface area contributed by atoms with Gasteiger partial charge in [-0.1, -0.05) is 42.5 Å². The molecule has 0 atom stereocenters. The number of anilines is 2. The first-order valence-corrected chi connectivity index (χ1v) is 11.3. The Balaban J connectivity index is 2.00. The molecule has 0 aliphatic carbocycles. The summed E-state index contributed by atoms with van der Waals surface area (Å²) in [7, 11) is 9.74. The fraction of sp³-hybridized carbons (Fsp3) is 0.250. The normalized spacial score (nSPS) is 11.5. The first kappa shape index (κ1) is 23.4. The van der Waals surface area contributed by atoms with E-state index in [9.17, 15) is 9.90 Å². The van der Waals surface area contributed by atoms with Crippen LogP contribution in [0.2, 0.25) is 0 Å². The highest BCUT2D eigenvalue weighted by molar-refractivity contribution is 5.56. The topological polar surface area (TPSA) is 53.6 Å². The summed E-state index contributed by atoms with van der Waals surface area (Å²) in [6, 6.07) is 24.9. The van der Waals surface area contributed by atoms with E-state index in [-0.39, 0.29) is 5.56 Å². The Kier molecular flexibility index (Phi) is 6.11. The van der Waals surface area contributed by atoms with Crippen LogP contribution < -0.4 is 15.4 Å². The summed E-state index contributed by atoms with van der Waals surface area (Å²) in [5.74, 6) is 0. The van der Waals surface area contributed by atoms with Crippen molar-refractivity contribution in [2.24, 2.45) is 7.05 Å². The Hall–Kier alpha value is -3.77. The third-order valence-electron chi connectivity index (χ3n) is 6.52. The van der Waals surface area contributed by atoms with Crippen LogP contribution in [0.5, 0.6) is 0 Å². The lowest BCUT2D eigenvalue weighted by Crippen LogP contribution is -2.35. The molecule has 0 aliphatic heterocycles. The lowest BCUT2D eigenvalue weighted by atomic mass is 9.80. The summed E-state index contributed by atoms with van der Waals surface area (Å²) >= 11 is 0. The molecule has 176 valence electrons. The molecular formula is C28H32N4O2. The van der Waals surface area contributed by atoms with Crippen LogP contribution in [0, 0.1) is 6.92 Å². The minimum absolute atomic E-state index is 0.248. The average molecular weight is 457 g/mol. The van der Waals surface area contributed by atoms with Crippen molar-refractivity contribution in [3.63, 3.8) is 0 Å². The number of benzene rings is 3. The van der Waals surface area contributed by atoms with Gasteiger partial charge in [0.25, 0.3) is 5.56 Å². The van der Waals surface area contributed by atoms with Crippen molar-refractivity contribution in [1.82, 2.24) is 9.36 Å². The molecule has 0 aliphatic rings. The molecule has 0 spiro atoms. The quantitative estimate of drug-likeness (QED) is 0.478. The van der Waals surface area contributed by atoms with Gasteiger partial charge in [-0.2, -0.15) is 0 Å². The monoisotopic (exact) mass is 456 g/mol. The predicted octanol–water partition coefficient (Wildman–Crippen LogP) is 3.90. The first-order valence-electron chi connectivity index (χ1n) is 11.3. The second-order valence-electron chi connectivity index (χ2n) is 9.03. The minimum Gasteiger partial charge on any atom is -0.378 e. The molecule has 4 aromatic rings. The Morgan fingerprint density at radius 2 is 1.18 bits per heavy atom. The van der Waals surface area contributed by atoms with Crippen molar-refractivity contribution in [2.75, 3.05) is 38.0 Å². The maximum absolute atomic E-state index is 13.9. The van der Waals surface area contributed by atoms with Crippen LogP contribution in [0.3, 0.4) is 0 Å². The molecule has 6 nitrogen and oxygen atoms in total. The molecule has 1 aromatic heterocycles. The van der Waals surface area contributed by atoms with E-state index in [1.807, 2.05) is 131 Å². The molecule has 1 N–H and O–H groups in total. The highest BCUT2D eigenvalue weighted by atomic mass is 16.3. The molecule has 1 heterocycles. The van der Waals surface area contributed by atoms with Crippen LogP contribution >= 0.6 is 0 Å². The number of para-hydroxylation sites is 1. The van der Waals surface area contributed by atoms with Crippen LogP contribution in [0.15, 0.2) is 83.7 Å². The van der Waals surface area contributed by atoms with Crippen LogP contribution in [0.1, 0.15) is 22.4 Å². The summed E-state index contributed by atoms with van der Waals surface area (Å²) in [6.45, 7) is 1.88. The summed E-state index contributed by atoms with van der Waals surface area (Å²) in [6.07, 6.45) is 0. The number of aliphatic hydroxyl groups is 1. The average Bonchev–Trinajstić information content (AvgIpc) is 3.07. The van der Waals surface area contributed by atoms with Crippen molar-refractivity contribution in [3.8, 4) is 5.69 Å². The summed E-state index contributed by atoms with van der Waals surface area (Å²) in [5, 5.41) is 12.5. The van der Waals surface area contributed by atoms with E-state index in [0.717, 1.165) is 17.1 Å². The van der Waals surface area contributed by atoms with E-state index in [1.54, 1.807) is 9.36 Å². The van der Waals surface area contributed by atoms with Gasteiger partial charge in [0.05, 0.1) is 11.3 Å². The number of nitrogens with zero attached hydrogens (tertiary/aromatic N) is 4.